The number of hydrogen-bond acceptors (Lipinski definition) is 5. The molecule has 0 spiro atoms. The SMILES string of the molecule is CCOC(=O)c1cc2c(ccn2Cc2ccc(OC)cc2)c(-c2cccn2Cc2ccc(OC)cc2)n1. The first-order valence-corrected chi connectivity index (χ1v) is 12.2. The van der Waals surface area contributed by atoms with Crippen molar-refractivity contribution in [2.45, 2.75) is 20.0 Å². The molecule has 0 bridgehead atoms. The Morgan fingerprint density at radius 1 is 0.811 bits per heavy atom. The molecule has 0 unspecified atom stereocenters. The van der Waals surface area contributed by atoms with E-state index >= 15 is 0 Å². The number of ether oxygens (including phenoxy) is 3. The fourth-order valence-electron chi connectivity index (χ4n) is 4.45. The van der Waals surface area contributed by atoms with Gasteiger partial charge in [-0.1, -0.05) is 24.3 Å². The number of aromatic nitrogens is 3. The second-order valence-electron chi connectivity index (χ2n) is 8.67. The van der Waals surface area contributed by atoms with Crippen LogP contribution in [-0.2, 0) is 17.8 Å². The monoisotopic (exact) mass is 495 g/mol. The summed E-state index contributed by atoms with van der Waals surface area (Å²) in [5, 5.41) is 0.969. The van der Waals surface area contributed by atoms with Crippen LogP contribution in [-0.4, -0.2) is 40.9 Å². The minimum atomic E-state index is -0.434. The first kappa shape index (κ1) is 24.2. The largest absolute Gasteiger partial charge is 0.497 e. The van der Waals surface area contributed by atoms with Crippen molar-refractivity contribution in [2.75, 3.05) is 20.8 Å². The quantitative estimate of drug-likeness (QED) is 0.242. The Morgan fingerprint density at radius 2 is 1.43 bits per heavy atom. The van der Waals surface area contributed by atoms with Crippen molar-refractivity contribution < 1.29 is 19.0 Å². The van der Waals surface area contributed by atoms with E-state index in [2.05, 4.69) is 15.2 Å². The molecule has 0 aliphatic carbocycles. The van der Waals surface area contributed by atoms with Crippen LogP contribution >= 0.6 is 0 Å². The van der Waals surface area contributed by atoms with Crippen LogP contribution in [0.4, 0.5) is 0 Å². The third-order valence-electron chi connectivity index (χ3n) is 6.35. The van der Waals surface area contributed by atoms with Gasteiger partial charge < -0.3 is 23.3 Å². The number of fused-ring (bicyclic) bond motifs is 1. The Labute approximate surface area is 215 Å². The molecule has 0 fully saturated rings. The summed E-state index contributed by atoms with van der Waals surface area (Å²) < 4.78 is 20.2. The van der Waals surface area contributed by atoms with E-state index in [9.17, 15) is 4.79 Å². The summed E-state index contributed by atoms with van der Waals surface area (Å²) in [5.41, 5.74) is 5.13. The zero-order chi connectivity index (χ0) is 25.8. The number of carbonyl (C=O) groups excluding carboxylic acids is 1. The smallest absolute Gasteiger partial charge is 0.357 e. The zero-order valence-electron chi connectivity index (χ0n) is 21.2. The van der Waals surface area contributed by atoms with E-state index in [0.717, 1.165) is 44.9 Å². The number of methoxy groups -OCH3 is 2. The number of carbonyl (C=O) groups is 1. The Bertz CT molecular complexity index is 1520. The van der Waals surface area contributed by atoms with Crippen molar-refractivity contribution in [3.8, 4) is 22.9 Å². The molecule has 0 atom stereocenters. The topological polar surface area (TPSA) is 67.5 Å². The van der Waals surface area contributed by atoms with E-state index in [1.54, 1.807) is 21.1 Å². The molecule has 0 amide bonds. The molecule has 3 heterocycles. The van der Waals surface area contributed by atoms with Gasteiger partial charge in [-0.25, -0.2) is 9.78 Å². The first-order valence-electron chi connectivity index (χ1n) is 12.2. The van der Waals surface area contributed by atoms with Gasteiger partial charge in [-0.15, -0.1) is 0 Å². The number of esters is 1. The minimum Gasteiger partial charge on any atom is -0.497 e. The second-order valence-corrected chi connectivity index (χ2v) is 8.67. The van der Waals surface area contributed by atoms with Gasteiger partial charge in [-0.2, -0.15) is 0 Å². The number of benzene rings is 2. The number of hydrogen-bond donors (Lipinski definition) is 0. The van der Waals surface area contributed by atoms with Crippen LogP contribution in [0.2, 0.25) is 0 Å². The fraction of sp³-hybridized carbons (Fsp3) is 0.200. The molecule has 0 aliphatic heterocycles. The maximum Gasteiger partial charge on any atom is 0.357 e. The van der Waals surface area contributed by atoms with Crippen molar-refractivity contribution >= 4 is 16.9 Å². The molecule has 5 aromatic rings. The highest BCUT2D eigenvalue weighted by Crippen LogP contribution is 2.31. The molecule has 2 aromatic carbocycles. The Balaban J connectivity index is 1.57. The fourth-order valence-corrected chi connectivity index (χ4v) is 4.45. The van der Waals surface area contributed by atoms with Gasteiger partial charge in [0.15, 0.2) is 5.69 Å². The van der Waals surface area contributed by atoms with Gasteiger partial charge in [0.2, 0.25) is 0 Å². The van der Waals surface area contributed by atoms with Crippen LogP contribution in [0.1, 0.15) is 28.5 Å². The van der Waals surface area contributed by atoms with Gasteiger partial charge in [0, 0.05) is 30.9 Å². The van der Waals surface area contributed by atoms with Crippen LogP contribution < -0.4 is 9.47 Å². The Morgan fingerprint density at radius 3 is 2.03 bits per heavy atom. The molecule has 3 aromatic heterocycles. The molecule has 0 N–H and O–H groups in total. The number of pyridine rings is 1. The van der Waals surface area contributed by atoms with Gasteiger partial charge in [0.1, 0.15) is 11.5 Å². The second kappa shape index (κ2) is 10.6. The summed E-state index contributed by atoms with van der Waals surface area (Å²) in [4.78, 5) is 17.6. The summed E-state index contributed by atoms with van der Waals surface area (Å²) in [6, 6.07) is 23.9. The number of rotatable bonds is 9. The van der Waals surface area contributed by atoms with E-state index < -0.39 is 5.97 Å². The molecule has 0 aliphatic rings. The molecule has 7 heteroatoms. The average Bonchev–Trinajstić information content (AvgIpc) is 3.56. The highest BCUT2D eigenvalue weighted by molar-refractivity contribution is 5.98. The van der Waals surface area contributed by atoms with Gasteiger partial charge in [-0.3, -0.25) is 0 Å². The summed E-state index contributed by atoms with van der Waals surface area (Å²) >= 11 is 0. The summed E-state index contributed by atoms with van der Waals surface area (Å²) in [6.07, 6.45) is 4.06. The standard InChI is InChI=1S/C30H29N3O4/c1-4-37-30(34)26-18-28-25(15-17-33(28)20-22-9-13-24(36-3)14-10-22)29(31-26)27-6-5-16-32(27)19-21-7-11-23(35-2)12-8-21/h5-18H,4,19-20H2,1-3H3. The zero-order valence-corrected chi connectivity index (χ0v) is 21.2. The Hall–Kier alpha value is -4.52. The van der Waals surface area contributed by atoms with Gasteiger partial charge >= 0.3 is 5.97 Å². The summed E-state index contributed by atoms with van der Waals surface area (Å²) in [7, 11) is 3.32. The molecule has 0 saturated heterocycles. The van der Waals surface area contributed by atoms with Crippen molar-refractivity contribution in [2.24, 2.45) is 0 Å². The maximum absolute atomic E-state index is 12.8. The molecule has 0 saturated carbocycles. The van der Waals surface area contributed by atoms with Crippen molar-refractivity contribution in [1.82, 2.24) is 14.1 Å². The van der Waals surface area contributed by atoms with Crippen LogP contribution in [0.5, 0.6) is 11.5 Å². The van der Waals surface area contributed by atoms with Crippen molar-refractivity contribution in [3.05, 3.63) is 102 Å². The van der Waals surface area contributed by atoms with E-state index in [1.807, 2.05) is 79.1 Å². The average molecular weight is 496 g/mol. The molecule has 5 rings (SSSR count). The van der Waals surface area contributed by atoms with Crippen LogP contribution in [0.25, 0.3) is 22.3 Å². The highest BCUT2D eigenvalue weighted by Gasteiger charge is 2.19. The van der Waals surface area contributed by atoms with Crippen LogP contribution in [0, 0.1) is 0 Å². The summed E-state index contributed by atoms with van der Waals surface area (Å²) in [5.74, 6) is 1.20. The van der Waals surface area contributed by atoms with Crippen molar-refractivity contribution in [1.29, 1.82) is 0 Å². The third kappa shape index (κ3) is 5.07. The maximum atomic E-state index is 12.8. The molecular formula is C30H29N3O4. The normalized spacial score (nSPS) is 11.0. The third-order valence-corrected chi connectivity index (χ3v) is 6.35. The lowest BCUT2D eigenvalue weighted by molar-refractivity contribution is 0.0520. The Kier molecular flexibility index (Phi) is 6.94. The molecule has 188 valence electrons. The van der Waals surface area contributed by atoms with E-state index in [0.29, 0.717) is 13.1 Å². The molecular weight excluding hydrogens is 466 g/mol. The van der Waals surface area contributed by atoms with Crippen molar-refractivity contribution in [3.63, 3.8) is 0 Å². The van der Waals surface area contributed by atoms with Crippen LogP contribution in [0.15, 0.2) is 85.2 Å². The molecule has 37 heavy (non-hydrogen) atoms. The van der Waals surface area contributed by atoms with Crippen LogP contribution in [0.3, 0.4) is 0 Å². The lowest BCUT2D eigenvalue weighted by Crippen LogP contribution is -2.10. The minimum absolute atomic E-state index is 0.286. The molecule has 7 nitrogen and oxygen atoms in total. The van der Waals surface area contributed by atoms with Gasteiger partial charge in [-0.05, 0) is 66.6 Å². The van der Waals surface area contributed by atoms with E-state index in [-0.39, 0.29) is 12.3 Å². The predicted molar refractivity (Wildman–Crippen MR) is 143 cm³/mol. The van der Waals surface area contributed by atoms with E-state index in [1.165, 1.54) is 0 Å². The highest BCUT2D eigenvalue weighted by atomic mass is 16.5. The van der Waals surface area contributed by atoms with Gasteiger partial charge in [0.05, 0.1) is 37.7 Å². The lowest BCUT2D eigenvalue weighted by Gasteiger charge is -2.13. The van der Waals surface area contributed by atoms with E-state index in [4.69, 9.17) is 19.2 Å². The number of nitrogens with zero attached hydrogens (tertiary/aromatic N) is 3. The first-order chi connectivity index (χ1) is 18.1. The molecule has 0 radical (unpaired) electrons. The lowest BCUT2D eigenvalue weighted by atomic mass is 10.1. The predicted octanol–water partition coefficient (Wildman–Crippen LogP) is 5.80. The summed E-state index contributed by atoms with van der Waals surface area (Å²) in [6.45, 7) is 3.38. The van der Waals surface area contributed by atoms with Gasteiger partial charge in [0.25, 0.3) is 0 Å².